The number of aromatic nitrogens is 7. The van der Waals surface area contributed by atoms with Gasteiger partial charge in [0.25, 0.3) is 0 Å². The second kappa shape index (κ2) is 37.7. The van der Waals surface area contributed by atoms with Crippen molar-refractivity contribution in [1.29, 1.82) is 0 Å². The number of nitrogens with zero attached hydrogens (tertiary/aromatic N) is 10. The van der Waals surface area contributed by atoms with Crippen LogP contribution in [-0.4, -0.2) is 162 Å². The lowest BCUT2D eigenvalue weighted by Crippen LogP contribution is -2.45. The van der Waals surface area contributed by atoms with E-state index in [1.165, 1.54) is 44.2 Å². The number of rotatable bonds is 18. The number of amides is 1. The summed E-state index contributed by atoms with van der Waals surface area (Å²) >= 11 is 0. The Bertz CT molecular complexity index is 4050. The number of nitrogen functional groups attached to an aromatic ring is 2. The average Bonchev–Trinajstić information content (AvgIpc) is 0.774. The highest BCUT2D eigenvalue weighted by Crippen LogP contribution is 2.38. The number of amidine groups is 2. The summed E-state index contributed by atoms with van der Waals surface area (Å²) in [5.41, 5.74) is 31.6. The number of hydroxylamine groups is 2. The van der Waals surface area contributed by atoms with Crippen molar-refractivity contribution in [1.82, 2.24) is 51.2 Å². The Morgan fingerprint density at radius 1 is 0.640 bits per heavy atom. The molecular weight excluding hydrogens is 1400 g/mol. The van der Waals surface area contributed by atoms with Crippen molar-refractivity contribution in [2.45, 2.75) is 92.2 Å². The molecule has 27 nitrogen and oxygen atoms in total. The summed E-state index contributed by atoms with van der Waals surface area (Å²) in [5, 5.41) is 22.5. The fourth-order valence-corrected chi connectivity index (χ4v) is 10.6. The molecule has 8 heterocycles. The molecule has 3 aromatic carbocycles. The maximum atomic E-state index is 14.4. The molecule has 534 valence electrons. The van der Waals surface area contributed by atoms with E-state index in [1.807, 2.05) is 36.4 Å². The van der Waals surface area contributed by atoms with Crippen LogP contribution in [0.5, 0.6) is 17.6 Å². The molecule has 0 spiro atoms. The summed E-state index contributed by atoms with van der Waals surface area (Å²) in [6, 6.07) is 34.4. The van der Waals surface area contributed by atoms with Gasteiger partial charge in [-0.3, -0.25) is 19.7 Å². The fourth-order valence-electron chi connectivity index (χ4n) is 10.6. The number of ether oxygens (including phenoxy) is 4. The highest BCUT2D eigenvalue weighted by atomic mass is 127. The molecule has 3 aliphatic rings. The quantitative estimate of drug-likeness (QED) is 0.0231. The molecule has 0 bridgehead atoms. The van der Waals surface area contributed by atoms with Gasteiger partial charge in [-0.05, 0) is 100 Å². The molecule has 0 radical (unpaired) electrons. The maximum Gasteiger partial charge on any atom is 0.513 e. The smallest absolute Gasteiger partial charge is 0.481 e. The number of aryl methyl sites for hydroxylation is 2. The number of carbonyl (C=O) groups excluding carboxylic acids is 1. The first-order chi connectivity index (χ1) is 46.7. The van der Waals surface area contributed by atoms with E-state index in [9.17, 15) is 23.8 Å². The number of hydrogen-bond acceptors (Lipinski definition) is 26. The standard InChI is InChI=1S/C28H34FN7O5.C23H26FN7O3.C16H19BN2O3.2CH4.HI/c1-15-24-22(35-26(30)32-15)12-21(18-10-9-16(29)11-19(18)20-7-6-8-23(33-20)39-5)34-25(24)36-40-14-17(37)13-31-27(38)41-28(2,3)4;1-12-21-19(30-23(26)27-12)9-18(29-22(21)31-34-11-14(32)10-25)15-7-6-13(24)8-16(15)17-4-3-5-20(28-17)33-2;1-20-16-9-5-8-15(18-16)17-21-12-10-19(11-13-22-17)14-6-3-2-4-7-14;;;/h6-11,17,21,37H,12-14H2,1-5H3,(H,31,38)(H,34,36)(H2,30,32,35);3-8,14,18,32H,9-11,25H2,1-2H3,(H,29,31)(H2,26,27,30);2-9H,10-13H2,1H3;2*1H4;1H/t17-,21+;14-,18+;;;;/m00..../s1. The summed E-state index contributed by atoms with van der Waals surface area (Å²) < 4.78 is 61.2. The zero-order valence-electron chi connectivity index (χ0n) is 55.4. The van der Waals surface area contributed by atoms with Crippen molar-refractivity contribution in [2.75, 3.05) is 90.3 Å². The minimum Gasteiger partial charge on any atom is -0.481 e. The number of halogens is 3. The fraction of sp³-hybridized carbons (Fsp3) is 0.362. The minimum absolute atomic E-state index is 0. The van der Waals surface area contributed by atoms with Gasteiger partial charge < -0.3 is 65.9 Å². The molecule has 0 unspecified atom stereocenters. The second-order valence-electron chi connectivity index (χ2n) is 23.2. The zero-order valence-corrected chi connectivity index (χ0v) is 57.8. The molecular formula is C69H88BF2IN16O11. The molecule has 5 aromatic heterocycles. The maximum absolute atomic E-state index is 14.4. The third kappa shape index (κ3) is 21.8. The van der Waals surface area contributed by atoms with Crippen molar-refractivity contribution in [2.24, 2.45) is 15.7 Å². The van der Waals surface area contributed by atoms with E-state index in [2.05, 4.69) is 68.2 Å². The van der Waals surface area contributed by atoms with E-state index in [0.717, 1.165) is 24.2 Å². The van der Waals surface area contributed by atoms with Crippen LogP contribution < -0.4 is 58.2 Å². The zero-order chi connectivity index (χ0) is 69.2. The molecule has 4 atom stereocenters. The first-order valence-electron chi connectivity index (χ1n) is 31.1. The molecule has 1 saturated heterocycles. The molecule has 3 aliphatic heterocycles. The van der Waals surface area contributed by atoms with Crippen LogP contribution in [0.3, 0.4) is 0 Å². The number of carbonyl (C=O) groups is 1. The molecule has 1 amide bonds. The number of aliphatic hydroxyl groups is 2. The number of nitrogens with two attached hydrogens (primary N) is 3. The Morgan fingerprint density at radius 2 is 1.10 bits per heavy atom. The Labute approximate surface area is 598 Å². The highest BCUT2D eigenvalue weighted by Gasteiger charge is 2.32. The Kier molecular flexibility index (Phi) is 30.1. The topological polar surface area (TPSA) is 364 Å². The first-order valence-corrected chi connectivity index (χ1v) is 31.1. The van der Waals surface area contributed by atoms with Gasteiger partial charge in [-0.2, -0.15) is 0 Å². The molecule has 31 heteroatoms. The van der Waals surface area contributed by atoms with Gasteiger partial charge in [0.15, 0.2) is 11.7 Å². The summed E-state index contributed by atoms with van der Waals surface area (Å²) in [7, 11) is 4.19. The Morgan fingerprint density at radius 3 is 1.56 bits per heavy atom. The summed E-state index contributed by atoms with van der Waals surface area (Å²) in [6.07, 6.45) is -1.76. The lowest BCUT2D eigenvalue weighted by molar-refractivity contribution is 0.00477. The molecule has 11 N–H and O–H groups in total. The number of alkyl carbamates (subject to hydrolysis) is 1. The Balaban J connectivity index is 0.000000242. The van der Waals surface area contributed by atoms with Gasteiger partial charge in [-0.1, -0.05) is 63.4 Å². The van der Waals surface area contributed by atoms with Crippen LogP contribution in [0.4, 0.5) is 31.2 Å². The largest absolute Gasteiger partial charge is 0.513 e. The normalized spacial score (nSPS) is 15.2. The van der Waals surface area contributed by atoms with Crippen LogP contribution in [0, 0.1) is 25.5 Å². The SMILES string of the molecule is C.C.COc1cccc(-c2cc(F)ccc2[C@H]2Cc3nc(N)nc(C)c3C(NOC[C@@H](O)CN)=N2)n1.COc1cccc(-c2cc(F)ccc2[C@H]2Cc3nc(N)nc(C)c3C(NOC[C@@H](O)CNC(=O)OC(C)(C)C)=N2)n1.COc1cccc(B2OCCN(c3ccccc3)CCO2)n1.I. The number of nitrogens with one attached hydrogen (secondary N) is 3. The van der Waals surface area contributed by atoms with Crippen molar-refractivity contribution in [3.8, 4) is 40.2 Å². The van der Waals surface area contributed by atoms with Crippen molar-refractivity contribution < 1.29 is 61.7 Å². The van der Waals surface area contributed by atoms with E-state index in [0.29, 0.717) is 117 Å². The number of aliphatic hydroxyl groups excluding tert-OH is 2. The highest BCUT2D eigenvalue weighted by molar-refractivity contribution is 14.0. The predicted molar refractivity (Wildman–Crippen MR) is 390 cm³/mol. The van der Waals surface area contributed by atoms with Crippen molar-refractivity contribution in [3.63, 3.8) is 0 Å². The van der Waals surface area contributed by atoms with E-state index in [1.54, 1.807) is 90.3 Å². The molecule has 0 aliphatic carbocycles. The van der Waals surface area contributed by atoms with E-state index in [4.69, 9.17) is 65.1 Å². The van der Waals surface area contributed by atoms with Crippen LogP contribution in [0.15, 0.2) is 131 Å². The molecule has 11 rings (SSSR count). The van der Waals surface area contributed by atoms with Crippen LogP contribution in [0.1, 0.15) is 92.7 Å². The van der Waals surface area contributed by atoms with Gasteiger partial charge >= 0.3 is 13.2 Å². The van der Waals surface area contributed by atoms with Gasteiger partial charge in [0.2, 0.25) is 29.5 Å². The van der Waals surface area contributed by atoms with Crippen LogP contribution in [0.2, 0.25) is 0 Å². The van der Waals surface area contributed by atoms with Crippen molar-refractivity contribution in [3.05, 3.63) is 178 Å². The number of benzene rings is 3. The van der Waals surface area contributed by atoms with Gasteiger partial charge in [-0.15, -0.1) is 24.0 Å². The summed E-state index contributed by atoms with van der Waals surface area (Å²) in [6.45, 7) is 11.4. The molecule has 1 fully saturated rings. The third-order valence-corrected chi connectivity index (χ3v) is 15.0. The molecule has 0 saturated carbocycles. The first kappa shape index (κ1) is 79.6. The Hall–Kier alpha value is -9.35. The number of pyridine rings is 3. The van der Waals surface area contributed by atoms with Crippen molar-refractivity contribution >= 4 is 72.0 Å². The minimum atomic E-state index is -1.04. The van der Waals surface area contributed by atoms with E-state index < -0.39 is 54.7 Å². The average molecular weight is 1490 g/mol. The van der Waals surface area contributed by atoms with Crippen LogP contribution >= 0.6 is 24.0 Å². The van der Waals surface area contributed by atoms with E-state index >= 15 is 0 Å². The van der Waals surface area contributed by atoms with Gasteiger partial charge in [0.05, 0.1) is 96.5 Å². The monoisotopic (exact) mass is 1490 g/mol. The van der Waals surface area contributed by atoms with Crippen LogP contribution in [0.25, 0.3) is 22.5 Å². The summed E-state index contributed by atoms with van der Waals surface area (Å²) in [4.78, 5) is 65.5. The number of hydrogen-bond donors (Lipinski definition) is 8. The molecule has 8 aromatic rings. The number of methoxy groups -OCH3 is 3. The number of aliphatic imine (C=N–C) groups is 2. The van der Waals surface area contributed by atoms with E-state index in [-0.39, 0.29) is 77.0 Å². The van der Waals surface area contributed by atoms with Gasteiger partial charge in [0, 0.05) is 87.2 Å². The van der Waals surface area contributed by atoms with Gasteiger partial charge in [-0.25, -0.2) is 59.4 Å². The number of para-hydroxylation sites is 1. The lowest BCUT2D eigenvalue weighted by atomic mass is 9.83. The number of fused-ring (bicyclic) bond motifs is 2. The lowest BCUT2D eigenvalue weighted by Gasteiger charge is -2.28. The predicted octanol–water partition coefficient (Wildman–Crippen LogP) is 7.72. The third-order valence-electron chi connectivity index (χ3n) is 15.0. The van der Waals surface area contributed by atoms with Gasteiger partial charge in [0.1, 0.15) is 30.4 Å². The molecule has 100 heavy (non-hydrogen) atoms. The summed E-state index contributed by atoms with van der Waals surface area (Å²) in [5.74, 6) is 1.49. The van der Waals surface area contributed by atoms with Crippen LogP contribution in [-0.2, 0) is 36.6 Å². The second-order valence-corrected chi connectivity index (χ2v) is 23.2. The number of anilines is 3.